The van der Waals surface area contributed by atoms with Crippen molar-refractivity contribution in [3.63, 3.8) is 0 Å². The summed E-state index contributed by atoms with van der Waals surface area (Å²) in [5.41, 5.74) is 0. The van der Waals surface area contributed by atoms with Gasteiger partial charge in [0.1, 0.15) is 0 Å². The Morgan fingerprint density at radius 2 is 2.25 bits per heavy atom. The zero-order chi connectivity index (χ0) is 8.65. The van der Waals surface area contributed by atoms with E-state index in [1.165, 1.54) is 0 Å². The fraction of sp³-hybridized carbons (Fsp3) is 0. The second kappa shape index (κ2) is 4.90. The number of aromatic amines is 1. The number of imidazole rings is 2. The van der Waals surface area contributed by atoms with Crippen molar-refractivity contribution in [3.05, 3.63) is 44.0 Å². The second-order valence-corrected chi connectivity index (χ2v) is 1.95. The number of rotatable bonds is 1. The lowest BCUT2D eigenvalue weighted by Gasteiger charge is -1.80. The fourth-order valence-electron chi connectivity index (χ4n) is 0.593. The van der Waals surface area contributed by atoms with E-state index in [1.807, 2.05) is 6.20 Å². The van der Waals surface area contributed by atoms with Crippen LogP contribution in [0, 0.1) is 0 Å². The summed E-state index contributed by atoms with van der Waals surface area (Å²) >= 11 is 0. The third kappa shape index (κ3) is 2.83. The Labute approximate surface area is 70.6 Å². The van der Waals surface area contributed by atoms with Gasteiger partial charge in [-0.25, -0.2) is 9.97 Å². The van der Waals surface area contributed by atoms with Gasteiger partial charge in [-0.1, -0.05) is 6.58 Å². The second-order valence-electron chi connectivity index (χ2n) is 1.95. The highest BCUT2D eigenvalue weighted by Crippen LogP contribution is 1.81. The predicted molar refractivity (Wildman–Crippen MR) is 47.2 cm³/mol. The van der Waals surface area contributed by atoms with E-state index in [2.05, 4.69) is 21.5 Å². The van der Waals surface area contributed by atoms with Crippen LogP contribution >= 0.6 is 0 Å². The molecule has 4 nitrogen and oxygen atoms in total. The number of H-pyrrole nitrogens is 1. The van der Waals surface area contributed by atoms with Crippen molar-refractivity contribution in [1.29, 1.82) is 0 Å². The summed E-state index contributed by atoms with van der Waals surface area (Å²) < 4.78 is 1.78. The zero-order valence-corrected chi connectivity index (χ0v) is 6.59. The van der Waals surface area contributed by atoms with Gasteiger partial charge in [0.15, 0.2) is 0 Å². The van der Waals surface area contributed by atoms with Gasteiger partial charge in [0, 0.05) is 31.0 Å². The summed E-state index contributed by atoms with van der Waals surface area (Å²) in [6, 6.07) is 0. The predicted octanol–water partition coefficient (Wildman–Crippen LogP) is 1.39. The molecule has 0 aliphatic rings. The number of hydrogen-bond acceptors (Lipinski definition) is 2. The molecule has 2 aromatic heterocycles. The van der Waals surface area contributed by atoms with E-state index in [-0.39, 0.29) is 0 Å². The van der Waals surface area contributed by atoms with Gasteiger partial charge in [0.25, 0.3) is 0 Å². The van der Waals surface area contributed by atoms with Crippen LogP contribution in [0.1, 0.15) is 0 Å². The minimum atomic E-state index is 1.62. The topological polar surface area (TPSA) is 46.5 Å². The molecule has 0 saturated heterocycles. The highest BCUT2D eigenvalue weighted by molar-refractivity contribution is 5.14. The number of hydrogen-bond donors (Lipinski definition) is 1. The molecule has 0 aromatic carbocycles. The molecule has 2 heterocycles. The average molecular weight is 162 g/mol. The highest BCUT2D eigenvalue weighted by atomic mass is 15.0. The molecule has 0 saturated carbocycles. The highest BCUT2D eigenvalue weighted by Gasteiger charge is 1.73. The maximum atomic E-state index is 3.78. The van der Waals surface area contributed by atoms with E-state index in [9.17, 15) is 0 Å². The molecule has 0 radical (unpaired) electrons. The Kier molecular flexibility index (Phi) is 3.37. The van der Waals surface area contributed by atoms with Crippen LogP contribution in [0.4, 0.5) is 0 Å². The quantitative estimate of drug-likeness (QED) is 0.688. The van der Waals surface area contributed by atoms with Crippen molar-refractivity contribution in [3.8, 4) is 0 Å². The summed E-state index contributed by atoms with van der Waals surface area (Å²) in [6.07, 6.45) is 12.0. The van der Waals surface area contributed by atoms with Crippen molar-refractivity contribution in [2.45, 2.75) is 0 Å². The molecule has 2 aromatic rings. The third-order valence-corrected chi connectivity index (χ3v) is 1.14. The molecular weight excluding hydrogens is 152 g/mol. The lowest BCUT2D eigenvalue weighted by molar-refractivity contribution is 1.14. The lowest BCUT2D eigenvalue weighted by atomic mass is 10.9. The number of nitrogens with one attached hydrogen (secondary N) is 1. The van der Waals surface area contributed by atoms with Crippen LogP contribution in [0.15, 0.2) is 44.0 Å². The fourth-order valence-corrected chi connectivity index (χ4v) is 0.593. The molecule has 12 heavy (non-hydrogen) atoms. The van der Waals surface area contributed by atoms with Gasteiger partial charge in [-0.3, -0.25) is 0 Å². The van der Waals surface area contributed by atoms with E-state index in [1.54, 1.807) is 42.0 Å². The third-order valence-electron chi connectivity index (χ3n) is 1.14. The molecule has 1 N–H and O–H groups in total. The Bertz CT molecular complexity index is 265. The van der Waals surface area contributed by atoms with Crippen molar-refractivity contribution in [2.75, 3.05) is 0 Å². The molecule has 0 spiro atoms. The average Bonchev–Trinajstić information content (AvgIpc) is 2.81. The summed E-state index contributed by atoms with van der Waals surface area (Å²) in [7, 11) is 0. The maximum absolute atomic E-state index is 3.78. The monoisotopic (exact) mass is 162 g/mol. The van der Waals surface area contributed by atoms with Crippen molar-refractivity contribution in [1.82, 2.24) is 19.5 Å². The van der Waals surface area contributed by atoms with Gasteiger partial charge in [0.05, 0.1) is 12.7 Å². The molecule has 62 valence electrons. The van der Waals surface area contributed by atoms with E-state index in [0.717, 1.165) is 0 Å². The van der Waals surface area contributed by atoms with Gasteiger partial charge in [-0.15, -0.1) is 0 Å². The van der Waals surface area contributed by atoms with Gasteiger partial charge >= 0.3 is 0 Å². The normalized spacial score (nSPS) is 8.33. The minimum Gasteiger partial charge on any atom is -0.351 e. The minimum absolute atomic E-state index is 1.62. The Balaban J connectivity index is 0.000000127. The first kappa shape index (κ1) is 8.26. The molecule has 2 rings (SSSR count). The summed E-state index contributed by atoms with van der Waals surface area (Å²) in [5, 5.41) is 0. The zero-order valence-electron chi connectivity index (χ0n) is 6.59. The van der Waals surface area contributed by atoms with Crippen LogP contribution in [0.2, 0.25) is 0 Å². The van der Waals surface area contributed by atoms with Crippen LogP contribution in [-0.2, 0) is 0 Å². The lowest BCUT2D eigenvalue weighted by Crippen LogP contribution is -1.73. The summed E-state index contributed by atoms with van der Waals surface area (Å²) in [5.74, 6) is 0. The molecule has 0 bridgehead atoms. The van der Waals surface area contributed by atoms with Crippen molar-refractivity contribution in [2.24, 2.45) is 0 Å². The Morgan fingerprint density at radius 1 is 1.33 bits per heavy atom. The first-order chi connectivity index (χ1) is 5.93. The molecule has 4 heteroatoms. The molecule has 0 amide bonds. The van der Waals surface area contributed by atoms with Gasteiger partial charge in [0.2, 0.25) is 0 Å². The molecular formula is C8H10N4. The molecule has 0 fully saturated rings. The maximum Gasteiger partial charge on any atom is 0.0986 e. The molecule has 0 atom stereocenters. The van der Waals surface area contributed by atoms with Crippen LogP contribution in [0.5, 0.6) is 0 Å². The first-order valence-corrected chi connectivity index (χ1v) is 3.46. The van der Waals surface area contributed by atoms with Crippen molar-refractivity contribution < 1.29 is 0 Å². The largest absolute Gasteiger partial charge is 0.351 e. The van der Waals surface area contributed by atoms with E-state index < -0.39 is 0 Å². The van der Waals surface area contributed by atoms with Gasteiger partial charge in [-0.2, -0.15) is 0 Å². The van der Waals surface area contributed by atoms with Crippen LogP contribution in [-0.4, -0.2) is 19.5 Å². The van der Waals surface area contributed by atoms with Crippen LogP contribution in [0.3, 0.4) is 0 Å². The molecule has 0 aliphatic heterocycles. The Morgan fingerprint density at radius 3 is 2.50 bits per heavy atom. The van der Waals surface area contributed by atoms with Gasteiger partial charge < -0.3 is 9.55 Å². The van der Waals surface area contributed by atoms with E-state index in [0.29, 0.717) is 0 Å². The van der Waals surface area contributed by atoms with E-state index in [4.69, 9.17) is 0 Å². The molecule has 0 unspecified atom stereocenters. The number of aromatic nitrogens is 4. The van der Waals surface area contributed by atoms with Crippen molar-refractivity contribution >= 4 is 6.20 Å². The van der Waals surface area contributed by atoms with Gasteiger partial charge in [-0.05, 0) is 0 Å². The van der Waals surface area contributed by atoms with Crippen LogP contribution < -0.4 is 0 Å². The SMILES string of the molecule is C=Cn1ccnc1.c1c[nH]cn1. The number of nitrogens with zero attached hydrogens (tertiary/aromatic N) is 3. The standard InChI is InChI=1S/C5H6N2.C3H4N2/c1-2-7-4-3-6-5-7;1-2-5-3-4-1/h2-5H,1H2;1-3H,(H,4,5). The van der Waals surface area contributed by atoms with E-state index >= 15 is 0 Å². The summed E-state index contributed by atoms with van der Waals surface area (Å²) in [6.45, 7) is 3.53. The summed E-state index contributed by atoms with van der Waals surface area (Å²) in [4.78, 5) is 10.2. The smallest absolute Gasteiger partial charge is 0.0986 e. The Hall–Kier alpha value is -1.84. The first-order valence-electron chi connectivity index (χ1n) is 3.46. The molecule has 0 aliphatic carbocycles. The van der Waals surface area contributed by atoms with Crippen LogP contribution in [0.25, 0.3) is 6.20 Å².